The summed E-state index contributed by atoms with van der Waals surface area (Å²) in [6.07, 6.45) is 0. The lowest BCUT2D eigenvalue weighted by atomic mass is 9.93. The molecule has 1 atom stereocenters. The zero-order valence-electron chi connectivity index (χ0n) is 15.1. The van der Waals surface area contributed by atoms with Crippen LogP contribution in [0.1, 0.15) is 18.5 Å². The second-order valence-electron chi connectivity index (χ2n) is 6.18. The standard InChI is InChI=1S/C20H22N2O3S/c1-13-17(19(23)25-11-10-24-3)18(21-20(26)22(13)2)16-9-8-14-6-4-5-7-15(14)12-16/h4-9,12,18H,10-11H2,1-3H3,(H,21,26)/t18-/m1/s1. The first kappa shape index (κ1) is 18.4. The van der Waals surface area contributed by atoms with E-state index in [1.54, 1.807) is 12.0 Å². The summed E-state index contributed by atoms with van der Waals surface area (Å²) in [7, 11) is 3.41. The smallest absolute Gasteiger partial charge is 0.338 e. The Morgan fingerprint density at radius 1 is 1.19 bits per heavy atom. The van der Waals surface area contributed by atoms with Gasteiger partial charge in [-0.15, -0.1) is 0 Å². The van der Waals surface area contributed by atoms with Crippen LogP contribution in [0.4, 0.5) is 0 Å². The Morgan fingerprint density at radius 2 is 1.92 bits per heavy atom. The summed E-state index contributed by atoms with van der Waals surface area (Å²) in [5.74, 6) is -0.362. The average molecular weight is 370 g/mol. The predicted molar refractivity (Wildman–Crippen MR) is 106 cm³/mol. The molecule has 1 heterocycles. The molecule has 0 radical (unpaired) electrons. The Labute approximate surface area is 158 Å². The number of rotatable bonds is 5. The van der Waals surface area contributed by atoms with Crippen molar-refractivity contribution in [3.05, 3.63) is 59.3 Å². The van der Waals surface area contributed by atoms with Crippen LogP contribution in [0.15, 0.2) is 53.7 Å². The van der Waals surface area contributed by atoms with E-state index in [1.807, 2.05) is 32.2 Å². The van der Waals surface area contributed by atoms with Gasteiger partial charge in [0.15, 0.2) is 5.11 Å². The molecule has 26 heavy (non-hydrogen) atoms. The first-order valence-corrected chi connectivity index (χ1v) is 8.83. The third kappa shape index (κ3) is 3.57. The SMILES string of the molecule is COCCOC(=O)C1=C(C)N(C)C(=S)N[C@@H]1c1ccc2ccccc2c1. The highest BCUT2D eigenvalue weighted by Crippen LogP contribution is 2.32. The molecule has 0 amide bonds. The van der Waals surface area contributed by atoms with Gasteiger partial charge < -0.3 is 19.7 Å². The topological polar surface area (TPSA) is 50.8 Å². The largest absolute Gasteiger partial charge is 0.460 e. The minimum atomic E-state index is -0.362. The Balaban J connectivity index is 2.00. The molecule has 0 saturated carbocycles. The van der Waals surface area contributed by atoms with Crippen molar-refractivity contribution in [3.8, 4) is 0 Å². The van der Waals surface area contributed by atoms with Crippen molar-refractivity contribution in [1.82, 2.24) is 10.2 Å². The zero-order chi connectivity index (χ0) is 18.7. The number of carbonyl (C=O) groups is 1. The summed E-state index contributed by atoms with van der Waals surface area (Å²) >= 11 is 5.43. The highest BCUT2D eigenvalue weighted by molar-refractivity contribution is 7.80. The number of ether oxygens (including phenoxy) is 2. The highest BCUT2D eigenvalue weighted by atomic mass is 32.1. The first-order chi connectivity index (χ1) is 12.5. The molecular weight excluding hydrogens is 348 g/mol. The van der Waals surface area contributed by atoms with Gasteiger partial charge in [0.2, 0.25) is 0 Å². The van der Waals surface area contributed by atoms with E-state index in [0.29, 0.717) is 17.3 Å². The minimum absolute atomic E-state index is 0.213. The molecule has 2 aromatic carbocycles. The van der Waals surface area contributed by atoms with E-state index in [0.717, 1.165) is 22.0 Å². The number of methoxy groups -OCH3 is 1. The summed E-state index contributed by atoms with van der Waals surface area (Å²) < 4.78 is 10.3. The van der Waals surface area contributed by atoms with Crippen molar-refractivity contribution >= 4 is 34.1 Å². The van der Waals surface area contributed by atoms with Crippen LogP contribution >= 0.6 is 12.2 Å². The first-order valence-electron chi connectivity index (χ1n) is 8.42. The second kappa shape index (κ2) is 7.85. The van der Waals surface area contributed by atoms with E-state index in [2.05, 4.69) is 29.6 Å². The summed E-state index contributed by atoms with van der Waals surface area (Å²) in [6.45, 7) is 2.46. The van der Waals surface area contributed by atoms with Crippen LogP contribution in [0.2, 0.25) is 0 Å². The zero-order valence-corrected chi connectivity index (χ0v) is 15.9. The van der Waals surface area contributed by atoms with Crippen molar-refractivity contribution in [2.75, 3.05) is 27.4 Å². The summed E-state index contributed by atoms with van der Waals surface area (Å²) in [5, 5.41) is 6.11. The van der Waals surface area contributed by atoms with Gasteiger partial charge in [-0.2, -0.15) is 0 Å². The number of carbonyl (C=O) groups excluding carboxylic acids is 1. The molecule has 0 aromatic heterocycles. The summed E-state index contributed by atoms with van der Waals surface area (Å²) in [4.78, 5) is 14.5. The number of benzene rings is 2. The van der Waals surface area contributed by atoms with Gasteiger partial charge in [-0.25, -0.2) is 4.79 Å². The summed E-state index contributed by atoms with van der Waals surface area (Å²) in [5.41, 5.74) is 2.32. The molecule has 2 aromatic rings. The lowest BCUT2D eigenvalue weighted by molar-refractivity contribution is -0.140. The summed E-state index contributed by atoms with van der Waals surface area (Å²) in [6, 6.07) is 13.9. The van der Waals surface area contributed by atoms with E-state index < -0.39 is 0 Å². The monoisotopic (exact) mass is 370 g/mol. The predicted octanol–water partition coefficient (Wildman–Crippen LogP) is 3.16. The number of nitrogens with one attached hydrogen (secondary N) is 1. The number of hydrogen-bond donors (Lipinski definition) is 1. The van der Waals surface area contributed by atoms with Crippen LogP contribution in [-0.4, -0.2) is 43.4 Å². The third-order valence-corrected chi connectivity index (χ3v) is 4.99. The van der Waals surface area contributed by atoms with E-state index in [9.17, 15) is 4.79 Å². The molecule has 0 aliphatic carbocycles. The molecule has 1 N–H and O–H groups in total. The molecule has 1 aliphatic rings. The quantitative estimate of drug-likeness (QED) is 0.496. The molecule has 136 valence electrons. The van der Waals surface area contributed by atoms with Gasteiger partial charge in [0, 0.05) is 19.9 Å². The maximum atomic E-state index is 12.7. The van der Waals surface area contributed by atoms with Crippen molar-refractivity contribution in [1.29, 1.82) is 0 Å². The van der Waals surface area contributed by atoms with Gasteiger partial charge in [0.05, 0.1) is 18.2 Å². The fourth-order valence-corrected chi connectivity index (χ4v) is 3.29. The van der Waals surface area contributed by atoms with Crippen LogP contribution in [0.3, 0.4) is 0 Å². The van der Waals surface area contributed by atoms with Gasteiger partial charge in [0.25, 0.3) is 0 Å². The van der Waals surface area contributed by atoms with E-state index in [-0.39, 0.29) is 18.6 Å². The number of esters is 1. The molecule has 0 unspecified atom stereocenters. The van der Waals surface area contributed by atoms with Crippen LogP contribution in [0.5, 0.6) is 0 Å². The molecule has 0 bridgehead atoms. The normalized spacial score (nSPS) is 17.4. The fraction of sp³-hybridized carbons (Fsp3) is 0.300. The van der Waals surface area contributed by atoms with Crippen LogP contribution in [-0.2, 0) is 14.3 Å². The van der Waals surface area contributed by atoms with Gasteiger partial charge >= 0.3 is 5.97 Å². The maximum absolute atomic E-state index is 12.7. The van der Waals surface area contributed by atoms with Gasteiger partial charge in [-0.3, -0.25) is 0 Å². The number of fused-ring (bicyclic) bond motifs is 1. The average Bonchev–Trinajstić information content (AvgIpc) is 2.65. The Morgan fingerprint density at radius 3 is 2.65 bits per heavy atom. The third-order valence-electron chi connectivity index (χ3n) is 4.60. The molecule has 0 saturated heterocycles. The van der Waals surface area contributed by atoms with Gasteiger partial charge in [-0.05, 0) is 41.5 Å². The molecule has 0 fully saturated rings. The van der Waals surface area contributed by atoms with Crippen LogP contribution < -0.4 is 5.32 Å². The van der Waals surface area contributed by atoms with Crippen molar-refractivity contribution in [2.45, 2.75) is 13.0 Å². The number of allylic oxidation sites excluding steroid dienone is 1. The number of nitrogens with zero attached hydrogens (tertiary/aromatic N) is 1. The maximum Gasteiger partial charge on any atom is 0.338 e. The van der Waals surface area contributed by atoms with Gasteiger partial charge in [-0.1, -0.05) is 36.4 Å². The van der Waals surface area contributed by atoms with Crippen LogP contribution in [0.25, 0.3) is 10.8 Å². The van der Waals surface area contributed by atoms with Crippen molar-refractivity contribution < 1.29 is 14.3 Å². The second-order valence-corrected chi connectivity index (χ2v) is 6.56. The number of hydrogen-bond acceptors (Lipinski definition) is 4. The molecule has 5 nitrogen and oxygen atoms in total. The van der Waals surface area contributed by atoms with Gasteiger partial charge in [0.1, 0.15) is 6.61 Å². The van der Waals surface area contributed by atoms with E-state index in [1.165, 1.54) is 0 Å². The highest BCUT2D eigenvalue weighted by Gasteiger charge is 2.33. The lowest BCUT2D eigenvalue weighted by Gasteiger charge is -2.35. The Bertz CT molecular complexity index is 878. The number of thiocarbonyl (C=S) groups is 1. The van der Waals surface area contributed by atoms with Crippen molar-refractivity contribution in [3.63, 3.8) is 0 Å². The minimum Gasteiger partial charge on any atom is -0.460 e. The molecule has 0 spiro atoms. The Kier molecular flexibility index (Phi) is 5.54. The van der Waals surface area contributed by atoms with E-state index >= 15 is 0 Å². The van der Waals surface area contributed by atoms with E-state index in [4.69, 9.17) is 21.7 Å². The molecular formula is C20H22N2O3S. The molecule has 1 aliphatic heterocycles. The fourth-order valence-electron chi connectivity index (χ4n) is 3.03. The Hall–Kier alpha value is -2.44. The van der Waals surface area contributed by atoms with Crippen molar-refractivity contribution in [2.24, 2.45) is 0 Å². The molecule has 6 heteroatoms. The molecule has 3 rings (SSSR count). The lowest BCUT2D eigenvalue weighted by Crippen LogP contribution is -2.46. The van der Waals surface area contributed by atoms with Crippen LogP contribution in [0, 0.1) is 0 Å².